The highest BCUT2D eigenvalue weighted by atomic mass is 35.5. The van der Waals surface area contributed by atoms with E-state index in [4.69, 9.17) is 21.6 Å². The Kier molecular flexibility index (Phi) is 4.38. The fraction of sp³-hybridized carbons (Fsp3) is 0.385. The molecular weight excluding hydrogens is 266 g/mol. The number of amides is 1. The van der Waals surface area contributed by atoms with Gasteiger partial charge in [-0.1, -0.05) is 11.6 Å². The maximum atomic E-state index is 12.1. The monoisotopic (exact) mass is 279 g/mol. The lowest BCUT2D eigenvalue weighted by Gasteiger charge is -2.16. The van der Waals surface area contributed by atoms with Crippen LogP contribution >= 0.6 is 11.6 Å². The maximum Gasteiger partial charge on any atom is 0.231 e. The third kappa shape index (κ3) is 3.04. The highest BCUT2D eigenvalue weighted by Gasteiger charge is 2.32. The van der Waals surface area contributed by atoms with Crippen LogP contribution in [0, 0.1) is 17.2 Å². The number of carbonyl (C=O) groups is 1. The fourth-order valence-corrected chi connectivity index (χ4v) is 2.24. The van der Waals surface area contributed by atoms with E-state index < -0.39 is 0 Å². The topological polar surface area (TPSA) is 74.2 Å². The third-order valence-corrected chi connectivity index (χ3v) is 3.46. The largest absolute Gasteiger partial charge is 0.379 e. The van der Waals surface area contributed by atoms with Crippen molar-refractivity contribution in [2.75, 3.05) is 25.6 Å². The van der Waals surface area contributed by atoms with Crippen molar-refractivity contribution in [2.45, 2.75) is 6.04 Å². The van der Waals surface area contributed by atoms with Gasteiger partial charge in [-0.05, 0) is 25.2 Å². The Morgan fingerprint density at radius 1 is 1.53 bits per heavy atom. The number of nitrogens with zero attached hydrogens (tertiary/aromatic N) is 1. The number of benzene rings is 1. The van der Waals surface area contributed by atoms with E-state index in [9.17, 15) is 4.79 Å². The van der Waals surface area contributed by atoms with Crippen LogP contribution in [0.5, 0.6) is 0 Å². The molecule has 1 saturated heterocycles. The zero-order valence-corrected chi connectivity index (χ0v) is 11.2. The molecule has 0 aromatic heterocycles. The van der Waals surface area contributed by atoms with E-state index in [1.165, 1.54) is 0 Å². The van der Waals surface area contributed by atoms with Crippen molar-refractivity contribution in [3.05, 3.63) is 28.8 Å². The van der Waals surface area contributed by atoms with E-state index in [0.717, 1.165) is 0 Å². The SMILES string of the molecule is CNC1COCC1C(=O)Nc1ccc(C#N)c(Cl)c1. The van der Waals surface area contributed by atoms with E-state index in [0.29, 0.717) is 29.5 Å². The van der Waals surface area contributed by atoms with E-state index in [-0.39, 0.29) is 17.9 Å². The van der Waals surface area contributed by atoms with Gasteiger partial charge in [-0.25, -0.2) is 0 Å². The Hall–Kier alpha value is -1.61. The molecule has 0 spiro atoms. The average Bonchev–Trinajstić information content (AvgIpc) is 2.87. The van der Waals surface area contributed by atoms with Gasteiger partial charge in [0.05, 0.1) is 29.7 Å². The molecule has 1 amide bonds. The summed E-state index contributed by atoms with van der Waals surface area (Å²) >= 11 is 5.92. The number of anilines is 1. The van der Waals surface area contributed by atoms with Crippen molar-refractivity contribution in [2.24, 2.45) is 5.92 Å². The van der Waals surface area contributed by atoms with Crippen molar-refractivity contribution >= 4 is 23.2 Å². The van der Waals surface area contributed by atoms with Gasteiger partial charge in [-0.15, -0.1) is 0 Å². The van der Waals surface area contributed by atoms with Crippen LogP contribution in [0.3, 0.4) is 0 Å². The number of hydrogen-bond donors (Lipinski definition) is 2. The van der Waals surface area contributed by atoms with Gasteiger partial charge >= 0.3 is 0 Å². The summed E-state index contributed by atoms with van der Waals surface area (Å²) in [6.07, 6.45) is 0. The second kappa shape index (κ2) is 6.02. The fourth-order valence-electron chi connectivity index (χ4n) is 2.02. The third-order valence-electron chi connectivity index (χ3n) is 3.15. The number of nitriles is 1. The van der Waals surface area contributed by atoms with Crippen molar-refractivity contribution in [3.63, 3.8) is 0 Å². The lowest BCUT2D eigenvalue weighted by molar-refractivity contribution is -0.120. The van der Waals surface area contributed by atoms with Gasteiger partial charge in [0, 0.05) is 11.7 Å². The van der Waals surface area contributed by atoms with Crippen molar-refractivity contribution in [1.82, 2.24) is 5.32 Å². The van der Waals surface area contributed by atoms with Crippen LogP contribution in [0.2, 0.25) is 5.02 Å². The van der Waals surface area contributed by atoms with Gasteiger partial charge in [-0.3, -0.25) is 4.79 Å². The molecule has 5 nitrogen and oxygen atoms in total. The average molecular weight is 280 g/mol. The first kappa shape index (κ1) is 13.8. The summed E-state index contributed by atoms with van der Waals surface area (Å²) in [5.41, 5.74) is 0.965. The molecule has 1 aliphatic rings. The quantitative estimate of drug-likeness (QED) is 0.877. The van der Waals surface area contributed by atoms with Crippen LogP contribution in [0.25, 0.3) is 0 Å². The summed E-state index contributed by atoms with van der Waals surface area (Å²) in [5.74, 6) is -0.336. The number of hydrogen-bond acceptors (Lipinski definition) is 4. The lowest BCUT2D eigenvalue weighted by atomic mass is 10.0. The number of likely N-dealkylation sites (N-methyl/N-ethyl adjacent to an activating group) is 1. The summed E-state index contributed by atoms with van der Waals surface area (Å²) in [4.78, 5) is 12.1. The molecule has 0 aliphatic carbocycles. The molecule has 0 radical (unpaired) electrons. The number of ether oxygens (including phenoxy) is 1. The first-order valence-electron chi connectivity index (χ1n) is 5.91. The standard InChI is InChI=1S/C13H14ClN3O2/c1-16-12-7-19-6-10(12)13(18)17-9-3-2-8(5-15)11(14)4-9/h2-4,10,12,16H,6-7H2,1H3,(H,17,18). The number of rotatable bonds is 3. The second-order valence-electron chi connectivity index (χ2n) is 4.33. The summed E-state index contributed by atoms with van der Waals surface area (Å²) in [6, 6.07) is 6.81. The van der Waals surface area contributed by atoms with Crippen LogP contribution in [0.1, 0.15) is 5.56 Å². The van der Waals surface area contributed by atoms with Gasteiger partial charge in [0.1, 0.15) is 6.07 Å². The summed E-state index contributed by atoms with van der Waals surface area (Å²) in [6.45, 7) is 0.935. The van der Waals surface area contributed by atoms with Crippen molar-refractivity contribution in [1.29, 1.82) is 5.26 Å². The molecule has 2 unspecified atom stereocenters. The Balaban J connectivity index is 2.07. The van der Waals surface area contributed by atoms with Crippen LogP contribution in [-0.2, 0) is 9.53 Å². The molecular formula is C13H14ClN3O2. The number of carbonyl (C=O) groups excluding carboxylic acids is 1. The predicted molar refractivity (Wildman–Crippen MR) is 72.0 cm³/mol. The van der Waals surface area contributed by atoms with E-state index in [1.54, 1.807) is 25.2 Å². The normalized spacial score (nSPS) is 21.9. The molecule has 2 N–H and O–H groups in total. The summed E-state index contributed by atoms with van der Waals surface area (Å²) in [7, 11) is 1.80. The molecule has 19 heavy (non-hydrogen) atoms. The van der Waals surface area contributed by atoms with Crippen LogP contribution in [-0.4, -0.2) is 32.2 Å². The molecule has 1 aliphatic heterocycles. The predicted octanol–water partition coefficient (Wildman–Crippen LogP) is 1.38. The van der Waals surface area contributed by atoms with Gasteiger partial charge in [-0.2, -0.15) is 5.26 Å². The molecule has 1 aromatic carbocycles. The molecule has 1 fully saturated rings. The molecule has 100 valence electrons. The van der Waals surface area contributed by atoms with Crippen LogP contribution < -0.4 is 10.6 Å². The molecule has 0 bridgehead atoms. The van der Waals surface area contributed by atoms with Crippen molar-refractivity contribution < 1.29 is 9.53 Å². The Labute approximate surface area is 116 Å². The number of halogens is 1. The second-order valence-corrected chi connectivity index (χ2v) is 4.74. The van der Waals surface area contributed by atoms with Gasteiger partial charge < -0.3 is 15.4 Å². The molecule has 0 saturated carbocycles. The van der Waals surface area contributed by atoms with Gasteiger partial charge in [0.2, 0.25) is 5.91 Å². The Bertz CT molecular complexity index is 527. The van der Waals surface area contributed by atoms with E-state index in [1.807, 2.05) is 6.07 Å². The molecule has 1 heterocycles. The minimum absolute atomic E-state index is 0.0221. The van der Waals surface area contributed by atoms with Crippen LogP contribution in [0.15, 0.2) is 18.2 Å². The number of nitrogens with one attached hydrogen (secondary N) is 2. The molecule has 2 atom stereocenters. The highest BCUT2D eigenvalue weighted by Crippen LogP contribution is 2.22. The van der Waals surface area contributed by atoms with E-state index in [2.05, 4.69) is 10.6 Å². The molecule has 2 rings (SSSR count). The Morgan fingerprint density at radius 3 is 2.95 bits per heavy atom. The molecule has 1 aromatic rings. The van der Waals surface area contributed by atoms with Gasteiger partial charge in [0.15, 0.2) is 0 Å². The molecule has 6 heteroatoms. The minimum Gasteiger partial charge on any atom is -0.379 e. The van der Waals surface area contributed by atoms with Crippen LogP contribution in [0.4, 0.5) is 5.69 Å². The minimum atomic E-state index is -0.223. The highest BCUT2D eigenvalue weighted by molar-refractivity contribution is 6.32. The summed E-state index contributed by atoms with van der Waals surface area (Å²) in [5, 5.41) is 15.0. The Morgan fingerprint density at radius 2 is 2.32 bits per heavy atom. The van der Waals surface area contributed by atoms with Gasteiger partial charge in [0.25, 0.3) is 0 Å². The zero-order valence-electron chi connectivity index (χ0n) is 10.4. The van der Waals surface area contributed by atoms with Crippen molar-refractivity contribution in [3.8, 4) is 6.07 Å². The zero-order chi connectivity index (χ0) is 13.8. The smallest absolute Gasteiger partial charge is 0.231 e. The first-order valence-corrected chi connectivity index (χ1v) is 6.29. The first-order chi connectivity index (χ1) is 9.15. The lowest BCUT2D eigenvalue weighted by Crippen LogP contribution is -2.39. The summed E-state index contributed by atoms with van der Waals surface area (Å²) < 4.78 is 5.29. The van der Waals surface area contributed by atoms with E-state index >= 15 is 0 Å². The maximum absolute atomic E-state index is 12.1.